The third-order valence-corrected chi connectivity index (χ3v) is 10.7. The lowest BCUT2D eigenvalue weighted by Gasteiger charge is -2.51. The number of benzene rings is 1. The van der Waals surface area contributed by atoms with Gasteiger partial charge in [0.1, 0.15) is 16.5 Å². The van der Waals surface area contributed by atoms with Gasteiger partial charge in [-0.3, -0.25) is 4.98 Å². The number of carbonyl (C=O) groups is 1. The monoisotopic (exact) mass is 565 g/mol. The van der Waals surface area contributed by atoms with Crippen LogP contribution in [0.1, 0.15) is 84.0 Å². The third kappa shape index (κ3) is 3.90. The maximum atomic E-state index is 11.7. The second-order valence-corrected chi connectivity index (χ2v) is 12.8. The first-order valence-electron chi connectivity index (χ1n) is 13.0. The van der Waals surface area contributed by atoms with Gasteiger partial charge in [0.2, 0.25) is 0 Å². The number of nitrogens with zero attached hydrogens (tertiary/aromatic N) is 3. The number of allylic oxidation sites excluding steroid dienone is 1. The highest BCUT2D eigenvalue weighted by Crippen LogP contribution is 2.59. The molecule has 3 aromatic heterocycles. The van der Waals surface area contributed by atoms with E-state index < -0.39 is 5.97 Å². The SMILES string of the molecule is O=C(O)c1cccc2nc(C34CCC(/C=C/c5c(-c6c(Cl)cncc6Cl)noc5C5CC5)(CC3)CC4)sc12. The number of aromatic nitrogens is 3. The van der Waals surface area contributed by atoms with Gasteiger partial charge in [-0.2, -0.15) is 0 Å². The molecule has 2 bridgehead atoms. The van der Waals surface area contributed by atoms with Crippen LogP contribution in [-0.2, 0) is 5.41 Å². The van der Waals surface area contributed by atoms with E-state index in [-0.39, 0.29) is 10.8 Å². The number of thiazole rings is 1. The van der Waals surface area contributed by atoms with Crippen molar-refractivity contribution in [3.8, 4) is 11.3 Å². The molecule has 0 aliphatic heterocycles. The Labute approximate surface area is 233 Å². The standard InChI is InChI=1S/C29H25Cl2N3O3S/c30-19-14-32-15-20(31)22(19)23-17(24(37-34-23)16-4-5-16)6-7-28-8-11-29(12-9-28,13-10-28)27-33-21-3-1-2-18(26(35)36)25(21)38-27/h1-3,6-7,14-16H,4-5,8-13H2,(H,35,36)/b7-6+. The summed E-state index contributed by atoms with van der Waals surface area (Å²) in [5.41, 5.74) is 3.62. The molecule has 4 saturated carbocycles. The smallest absolute Gasteiger partial charge is 0.337 e. The van der Waals surface area contributed by atoms with Gasteiger partial charge in [0, 0.05) is 34.9 Å². The van der Waals surface area contributed by atoms with Crippen molar-refractivity contribution < 1.29 is 14.4 Å². The zero-order valence-electron chi connectivity index (χ0n) is 20.5. The van der Waals surface area contributed by atoms with Crippen molar-refractivity contribution in [1.29, 1.82) is 0 Å². The highest BCUT2D eigenvalue weighted by molar-refractivity contribution is 7.19. The molecule has 0 radical (unpaired) electrons. The molecule has 4 aromatic rings. The summed E-state index contributed by atoms with van der Waals surface area (Å²) in [5.74, 6) is 0.418. The van der Waals surface area contributed by atoms with Gasteiger partial charge < -0.3 is 9.63 Å². The zero-order chi connectivity index (χ0) is 26.1. The van der Waals surface area contributed by atoms with Crippen LogP contribution in [-0.4, -0.2) is 26.2 Å². The van der Waals surface area contributed by atoms with Crippen molar-refractivity contribution in [3.05, 3.63) is 68.6 Å². The van der Waals surface area contributed by atoms with Crippen molar-refractivity contribution in [2.45, 2.75) is 62.7 Å². The van der Waals surface area contributed by atoms with E-state index in [9.17, 15) is 9.90 Å². The lowest BCUT2D eigenvalue weighted by molar-refractivity contribution is 0.0699. The molecule has 0 atom stereocenters. The van der Waals surface area contributed by atoms with Crippen LogP contribution in [0.15, 0.2) is 41.2 Å². The Kier molecular flexibility index (Phi) is 5.69. The first-order chi connectivity index (χ1) is 18.4. The molecule has 9 heteroatoms. The first kappa shape index (κ1) is 24.3. The minimum absolute atomic E-state index is 0.0364. The van der Waals surface area contributed by atoms with Gasteiger partial charge in [-0.15, -0.1) is 11.3 Å². The van der Waals surface area contributed by atoms with E-state index in [1.54, 1.807) is 35.9 Å². The van der Waals surface area contributed by atoms with E-state index in [1.165, 1.54) is 0 Å². The molecule has 0 unspecified atom stereocenters. The summed E-state index contributed by atoms with van der Waals surface area (Å²) in [6.45, 7) is 0. The largest absolute Gasteiger partial charge is 0.478 e. The summed E-state index contributed by atoms with van der Waals surface area (Å²) in [6.07, 6.45) is 16.3. The summed E-state index contributed by atoms with van der Waals surface area (Å²) < 4.78 is 6.63. The Hall–Kier alpha value is -2.74. The minimum atomic E-state index is -0.896. The van der Waals surface area contributed by atoms with E-state index in [0.29, 0.717) is 32.8 Å². The van der Waals surface area contributed by atoms with E-state index in [2.05, 4.69) is 22.3 Å². The highest BCUT2D eigenvalue weighted by Gasteiger charge is 2.50. The van der Waals surface area contributed by atoms with Crippen molar-refractivity contribution in [2.75, 3.05) is 0 Å². The van der Waals surface area contributed by atoms with Crippen LogP contribution >= 0.6 is 34.5 Å². The Morgan fingerprint density at radius 3 is 2.45 bits per heavy atom. The van der Waals surface area contributed by atoms with Crippen LogP contribution in [0.3, 0.4) is 0 Å². The predicted molar refractivity (Wildman–Crippen MR) is 149 cm³/mol. The fraction of sp³-hybridized carbons (Fsp3) is 0.379. The van der Waals surface area contributed by atoms with Crippen molar-refractivity contribution in [1.82, 2.24) is 15.1 Å². The topological polar surface area (TPSA) is 89.1 Å². The Balaban J connectivity index is 1.19. The molecule has 0 amide bonds. The van der Waals surface area contributed by atoms with E-state index in [4.69, 9.17) is 32.7 Å². The molecule has 4 fully saturated rings. The normalized spacial score (nSPS) is 25.0. The summed E-state index contributed by atoms with van der Waals surface area (Å²) in [7, 11) is 0. The zero-order valence-corrected chi connectivity index (χ0v) is 22.9. The van der Waals surface area contributed by atoms with Gasteiger partial charge in [0.15, 0.2) is 0 Å². The van der Waals surface area contributed by atoms with Gasteiger partial charge >= 0.3 is 5.97 Å². The lowest BCUT2D eigenvalue weighted by atomic mass is 9.54. The van der Waals surface area contributed by atoms with Crippen LogP contribution in [0, 0.1) is 5.41 Å². The van der Waals surface area contributed by atoms with Crippen LogP contribution in [0.2, 0.25) is 10.0 Å². The summed E-state index contributed by atoms with van der Waals surface area (Å²) in [5, 5.41) is 16.1. The lowest BCUT2D eigenvalue weighted by Crippen LogP contribution is -2.43. The van der Waals surface area contributed by atoms with Crippen molar-refractivity contribution in [3.63, 3.8) is 0 Å². The summed E-state index contributed by atoms with van der Waals surface area (Å²) in [6, 6.07) is 5.38. The van der Waals surface area contributed by atoms with Gasteiger partial charge in [-0.1, -0.05) is 46.6 Å². The number of rotatable bonds is 6. The number of hydrogen-bond acceptors (Lipinski definition) is 6. The molecule has 38 heavy (non-hydrogen) atoms. The quantitative estimate of drug-likeness (QED) is 0.252. The van der Waals surface area contributed by atoms with Crippen LogP contribution in [0.25, 0.3) is 27.6 Å². The number of fused-ring (bicyclic) bond motifs is 4. The molecule has 0 saturated heterocycles. The van der Waals surface area contributed by atoms with Crippen LogP contribution in [0.5, 0.6) is 0 Å². The fourth-order valence-corrected chi connectivity index (χ4v) is 8.21. The Morgan fingerprint density at radius 2 is 1.79 bits per heavy atom. The average Bonchev–Trinajstić information content (AvgIpc) is 3.52. The van der Waals surface area contributed by atoms with Gasteiger partial charge in [-0.25, -0.2) is 9.78 Å². The van der Waals surface area contributed by atoms with Crippen LogP contribution in [0.4, 0.5) is 0 Å². The Morgan fingerprint density at radius 1 is 1.08 bits per heavy atom. The number of carboxylic acids is 1. The molecular weight excluding hydrogens is 541 g/mol. The summed E-state index contributed by atoms with van der Waals surface area (Å²) >= 11 is 14.6. The molecule has 3 heterocycles. The van der Waals surface area contributed by atoms with Crippen molar-refractivity contribution >= 4 is 56.8 Å². The molecule has 1 N–H and O–H groups in total. The minimum Gasteiger partial charge on any atom is -0.478 e. The van der Waals surface area contributed by atoms with Crippen molar-refractivity contribution in [2.24, 2.45) is 5.41 Å². The average molecular weight is 567 g/mol. The molecule has 6 nitrogen and oxygen atoms in total. The predicted octanol–water partition coefficient (Wildman–Crippen LogP) is 8.53. The number of carboxylic acid groups (broad SMARTS) is 1. The third-order valence-electron chi connectivity index (χ3n) is 8.80. The molecule has 4 aliphatic rings. The van der Waals surface area contributed by atoms with Gasteiger partial charge in [0.05, 0.1) is 25.8 Å². The maximum Gasteiger partial charge on any atom is 0.337 e. The molecule has 194 valence electrons. The summed E-state index contributed by atoms with van der Waals surface area (Å²) in [4.78, 5) is 20.8. The van der Waals surface area contributed by atoms with E-state index >= 15 is 0 Å². The van der Waals surface area contributed by atoms with E-state index in [0.717, 1.165) is 77.9 Å². The Bertz CT molecular complexity index is 1580. The first-order valence-corrected chi connectivity index (χ1v) is 14.6. The fourth-order valence-electron chi connectivity index (χ4n) is 6.32. The number of pyridine rings is 1. The molecular formula is C29H25Cl2N3O3S. The van der Waals surface area contributed by atoms with Gasteiger partial charge in [-0.05, 0) is 68.9 Å². The maximum absolute atomic E-state index is 11.7. The second-order valence-electron chi connectivity index (χ2n) is 11.0. The number of hydrogen-bond donors (Lipinski definition) is 1. The molecule has 0 spiro atoms. The molecule has 1 aromatic carbocycles. The number of aromatic carboxylic acids is 1. The molecule has 8 rings (SSSR count). The molecule has 4 aliphatic carbocycles. The second kappa shape index (κ2) is 8.90. The number of halogens is 2. The van der Waals surface area contributed by atoms with E-state index in [1.807, 2.05) is 6.07 Å². The van der Waals surface area contributed by atoms with Gasteiger partial charge in [0.25, 0.3) is 0 Å². The van der Waals surface area contributed by atoms with Crippen LogP contribution < -0.4 is 0 Å². The highest BCUT2D eigenvalue weighted by atomic mass is 35.5.